The Kier molecular flexibility index (Phi) is 5.55. The molecule has 1 unspecified atom stereocenters. The zero-order valence-electron chi connectivity index (χ0n) is 13.0. The third kappa shape index (κ3) is 4.45. The van der Waals surface area contributed by atoms with Gasteiger partial charge in [0.15, 0.2) is 0 Å². The van der Waals surface area contributed by atoms with Crippen LogP contribution in [-0.2, 0) is 0 Å². The first kappa shape index (κ1) is 15.3. The molecule has 0 fully saturated rings. The second kappa shape index (κ2) is 7.62. The van der Waals surface area contributed by atoms with Crippen molar-refractivity contribution in [1.82, 2.24) is 9.97 Å². The summed E-state index contributed by atoms with van der Waals surface area (Å²) in [7, 11) is 0. The molecule has 0 aliphatic carbocycles. The maximum atomic E-state index is 5.78. The first-order valence-corrected chi connectivity index (χ1v) is 7.57. The molecular weight excluding hydrogens is 262 g/mol. The molecular formula is C17H23N3O. The highest BCUT2D eigenvalue weighted by Gasteiger charge is 2.04. The zero-order chi connectivity index (χ0) is 15.1. The highest BCUT2D eigenvalue weighted by molar-refractivity contribution is 5.33. The van der Waals surface area contributed by atoms with Crippen LogP contribution in [0.3, 0.4) is 0 Å². The summed E-state index contributed by atoms with van der Waals surface area (Å²) in [4.78, 5) is 8.50. The van der Waals surface area contributed by atoms with Crippen LogP contribution < -0.4 is 10.1 Å². The van der Waals surface area contributed by atoms with Gasteiger partial charge in [0, 0.05) is 18.8 Å². The Morgan fingerprint density at radius 2 is 1.90 bits per heavy atom. The second-order valence-electron chi connectivity index (χ2n) is 5.13. The molecule has 1 atom stereocenters. The molecule has 0 aliphatic rings. The summed E-state index contributed by atoms with van der Waals surface area (Å²) in [6.07, 6.45) is 3.87. The molecule has 4 heteroatoms. The van der Waals surface area contributed by atoms with Gasteiger partial charge < -0.3 is 10.1 Å². The second-order valence-corrected chi connectivity index (χ2v) is 5.13. The molecule has 0 saturated heterocycles. The molecule has 1 heterocycles. The predicted molar refractivity (Wildman–Crippen MR) is 86.0 cm³/mol. The van der Waals surface area contributed by atoms with E-state index in [1.54, 1.807) is 12.3 Å². The summed E-state index contributed by atoms with van der Waals surface area (Å²) in [5, 5.41) is 3.15. The molecule has 1 N–H and O–H groups in total. The van der Waals surface area contributed by atoms with Gasteiger partial charge in [-0.3, -0.25) is 0 Å². The van der Waals surface area contributed by atoms with Gasteiger partial charge in [-0.05, 0) is 36.5 Å². The molecule has 0 aliphatic heterocycles. The Hall–Kier alpha value is -2.10. The molecule has 0 radical (unpaired) electrons. The van der Waals surface area contributed by atoms with Crippen molar-refractivity contribution in [2.24, 2.45) is 0 Å². The summed E-state index contributed by atoms with van der Waals surface area (Å²) < 4.78 is 5.78. The number of rotatable bonds is 7. The summed E-state index contributed by atoms with van der Waals surface area (Å²) in [6, 6.07) is 9.97. The van der Waals surface area contributed by atoms with Crippen LogP contribution in [-0.4, -0.2) is 16.5 Å². The van der Waals surface area contributed by atoms with E-state index in [1.807, 2.05) is 12.1 Å². The van der Waals surface area contributed by atoms with Crippen LogP contribution in [0.25, 0.3) is 0 Å². The number of aromatic nitrogens is 2. The van der Waals surface area contributed by atoms with Crippen LogP contribution in [0.5, 0.6) is 11.6 Å². The molecule has 1 aromatic heterocycles. The minimum atomic E-state index is 0.555. The maximum absolute atomic E-state index is 5.78. The monoisotopic (exact) mass is 285 g/mol. The molecule has 2 aromatic rings. The van der Waals surface area contributed by atoms with E-state index < -0.39 is 0 Å². The van der Waals surface area contributed by atoms with Crippen LogP contribution in [0.2, 0.25) is 0 Å². The van der Waals surface area contributed by atoms with E-state index in [0.29, 0.717) is 17.7 Å². The summed E-state index contributed by atoms with van der Waals surface area (Å²) in [5.41, 5.74) is 1.33. The predicted octanol–water partition coefficient (Wildman–Crippen LogP) is 4.60. The Balaban J connectivity index is 2.04. The molecule has 21 heavy (non-hydrogen) atoms. The van der Waals surface area contributed by atoms with Crippen molar-refractivity contribution in [3.8, 4) is 11.6 Å². The molecule has 112 valence electrons. The van der Waals surface area contributed by atoms with E-state index in [9.17, 15) is 0 Å². The lowest BCUT2D eigenvalue weighted by Crippen LogP contribution is -2.04. The first-order valence-electron chi connectivity index (χ1n) is 7.57. The molecule has 2 rings (SSSR count). The van der Waals surface area contributed by atoms with E-state index in [-0.39, 0.29) is 0 Å². The van der Waals surface area contributed by atoms with Crippen molar-refractivity contribution in [2.75, 3.05) is 11.9 Å². The fourth-order valence-electron chi connectivity index (χ4n) is 1.94. The topological polar surface area (TPSA) is 47.0 Å². The summed E-state index contributed by atoms with van der Waals surface area (Å²) in [5.74, 6) is 2.52. The van der Waals surface area contributed by atoms with Crippen LogP contribution >= 0.6 is 0 Å². The van der Waals surface area contributed by atoms with Crippen molar-refractivity contribution >= 4 is 5.95 Å². The lowest BCUT2D eigenvalue weighted by Gasteiger charge is -2.10. The minimum Gasteiger partial charge on any atom is -0.439 e. The van der Waals surface area contributed by atoms with E-state index in [1.165, 1.54) is 5.56 Å². The fraction of sp³-hybridized carbons (Fsp3) is 0.412. The number of benzene rings is 1. The Labute approximate surface area is 126 Å². The molecule has 4 nitrogen and oxygen atoms in total. The van der Waals surface area contributed by atoms with Gasteiger partial charge in [0.2, 0.25) is 11.8 Å². The molecule has 0 amide bonds. The molecule has 0 spiro atoms. The Morgan fingerprint density at radius 1 is 1.14 bits per heavy atom. The van der Waals surface area contributed by atoms with E-state index in [0.717, 1.165) is 25.1 Å². The van der Waals surface area contributed by atoms with Crippen molar-refractivity contribution in [3.05, 3.63) is 42.1 Å². The number of ether oxygens (including phenoxy) is 1. The van der Waals surface area contributed by atoms with Crippen molar-refractivity contribution in [3.63, 3.8) is 0 Å². The lowest BCUT2D eigenvalue weighted by molar-refractivity contribution is 0.462. The average molecular weight is 285 g/mol. The van der Waals surface area contributed by atoms with Gasteiger partial charge in [0.25, 0.3) is 0 Å². The molecule has 0 bridgehead atoms. The zero-order valence-corrected chi connectivity index (χ0v) is 13.0. The summed E-state index contributed by atoms with van der Waals surface area (Å²) in [6.45, 7) is 7.38. The van der Waals surface area contributed by atoms with Gasteiger partial charge in [-0.25, -0.2) is 4.98 Å². The van der Waals surface area contributed by atoms with Gasteiger partial charge in [-0.2, -0.15) is 4.98 Å². The molecule has 0 saturated carbocycles. The Morgan fingerprint density at radius 3 is 2.57 bits per heavy atom. The van der Waals surface area contributed by atoms with Gasteiger partial charge in [-0.1, -0.05) is 32.9 Å². The average Bonchev–Trinajstić information content (AvgIpc) is 2.53. The quantitative estimate of drug-likeness (QED) is 0.807. The smallest absolute Gasteiger partial charge is 0.225 e. The SMILES string of the molecule is CCCNc1nccc(Oc2ccc(C(C)CC)cc2)n1. The van der Waals surface area contributed by atoms with Crippen molar-refractivity contribution in [1.29, 1.82) is 0 Å². The van der Waals surface area contributed by atoms with Gasteiger partial charge in [-0.15, -0.1) is 0 Å². The standard InChI is InChI=1S/C17H23N3O/c1-4-11-18-17-19-12-10-16(20-17)21-15-8-6-14(7-9-15)13(3)5-2/h6-10,12-13H,4-5,11H2,1-3H3,(H,18,19,20). The lowest BCUT2D eigenvalue weighted by atomic mass is 9.99. The van der Waals surface area contributed by atoms with Gasteiger partial charge in [0.1, 0.15) is 5.75 Å². The van der Waals surface area contributed by atoms with Crippen LogP contribution in [0.1, 0.15) is 45.1 Å². The first-order chi connectivity index (χ1) is 10.2. The van der Waals surface area contributed by atoms with E-state index in [4.69, 9.17) is 4.74 Å². The van der Waals surface area contributed by atoms with Crippen molar-refractivity contribution < 1.29 is 4.74 Å². The largest absolute Gasteiger partial charge is 0.439 e. The number of nitrogens with one attached hydrogen (secondary N) is 1. The van der Waals surface area contributed by atoms with E-state index in [2.05, 4.69) is 48.2 Å². The minimum absolute atomic E-state index is 0.555. The van der Waals surface area contributed by atoms with Gasteiger partial charge in [0.05, 0.1) is 0 Å². The molecule has 1 aromatic carbocycles. The van der Waals surface area contributed by atoms with Crippen LogP contribution in [0.15, 0.2) is 36.5 Å². The number of hydrogen-bond donors (Lipinski definition) is 1. The normalized spacial score (nSPS) is 12.0. The number of anilines is 1. The third-order valence-electron chi connectivity index (χ3n) is 3.45. The van der Waals surface area contributed by atoms with Crippen LogP contribution in [0, 0.1) is 0 Å². The third-order valence-corrected chi connectivity index (χ3v) is 3.45. The maximum Gasteiger partial charge on any atom is 0.225 e. The van der Waals surface area contributed by atoms with Crippen molar-refractivity contribution in [2.45, 2.75) is 39.5 Å². The summed E-state index contributed by atoms with van der Waals surface area (Å²) >= 11 is 0. The highest BCUT2D eigenvalue weighted by atomic mass is 16.5. The Bertz CT molecular complexity index is 554. The van der Waals surface area contributed by atoms with E-state index >= 15 is 0 Å². The fourth-order valence-corrected chi connectivity index (χ4v) is 1.94. The number of hydrogen-bond acceptors (Lipinski definition) is 4. The van der Waals surface area contributed by atoms with Gasteiger partial charge >= 0.3 is 0 Å². The highest BCUT2D eigenvalue weighted by Crippen LogP contribution is 2.24. The number of nitrogens with zero attached hydrogens (tertiary/aromatic N) is 2. The van der Waals surface area contributed by atoms with Crippen LogP contribution in [0.4, 0.5) is 5.95 Å².